The van der Waals surface area contributed by atoms with Crippen molar-refractivity contribution in [2.24, 2.45) is 5.92 Å². The second-order valence-corrected chi connectivity index (χ2v) is 20.3. The van der Waals surface area contributed by atoms with Crippen LogP contribution in [-0.2, 0) is 12.8 Å². The van der Waals surface area contributed by atoms with E-state index in [0.29, 0.717) is 23.6 Å². The summed E-state index contributed by atoms with van der Waals surface area (Å²) in [6.45, 7) is 9.47. The Balaban J connectivity index is 1.62. The van der Waals surface area contributed by atoms with Crippen molar-refractivity contribution >= 4 is 77.7 Å². The maximum atomic E-state index is 14.4. The van der Waals surface area contributed by atoms with Gasteiger partial charge in [-0.1, -0.05) is 137 Å². The lowest BCUT2D eigenvalue weighted by molar-refractivity contribution is 0.0624. The van der Waals surface area contributed by atoms with Crippen molar-refractivity contribution in [3.63, 3.8) is 0 Å². The zero-order valence-corrected chi connectivity index (χ0v) is 36.9. The Morgan fingerprint density at radius 1 is 0.540 bits per heavy atom. The fourth-order valence-corrected chi connectivity index (χ4v) is 12.3. The lowest BCUT2D eigenvalue weighted by Crippen LogP contribution is -2.34. The molecule has 50 heavy (non-hydrogen) atoms. The van der Waals surface area contributed by atoms with Crippen LogP contribution in [-0.4, -0.2) is 23.3 Å². The van der Waals surface area contributed by atoms with Crippen molar-refractivity contribution in [2.75, 3.05) is 6.54 Å². The number of nitrogens with zero attached hydrogens (tertiary/aromatic N) is 1. The summed E-state index contributed by atoms with van der Waals surface area (Å²) >= 11 is 12.8. The van der Waals surface area contributed by atoms with Crippen molar-refractivity contribution < 1.29 is 9.59 Å². The molecule has 0 N–H and O–H groups in total. The van der Waals surface area contributed by atoms with E-state index in [2.05, 4.69) is 71.7 Å². The Labute approximate surface area is 332 Å². The summed E-state index contributed by atoms with van der Waals surface area (Å²) < 4.78 is 2.19. The number of hydrogen-bond donors (Lipinski definition) is 0. The maximum absolute atomic E-state index is 14.4. The van der Waals surface area contributed by atoms with Crippen LogP contribution < -0.4 is 0 Å². The van der Waals surface area contributed by atoms with E-state index < -0.39 is 0 Å². The van der Waals surface area contributed by atoms with E-state index in [1.54, 1.807) is 38.9 Å². The highest BCUT2D eigenvalue weighted by atomic mass is 79.9. The van der Waals surface area contributed by atoms with Crippen molar-refractivity contribution in [3.8, 4) is 19.5 Å². The van der Waals surface area contributed by atoms with Gasteiger partial charge >= 0.3 is 0 Å². The van der Waals surface area contributed by atoms with Gasteiger partial charge < -0.3 is 0 Å². The lowest BCUT2D eigenvalue weighted by Gasteiger charge is -2.22. The van der Waals surface area contributed by atoms with Crippen LogP contribution in [0, 0.1) is 5.92 Å². The van der Waals surface area contributed by atoms with Gasteiger partial charge in [0.15, 0.2) is 0 Å². The number of hydrogen-bond acceptors (Lipinski definition) is 5. The Hall–Kier alpha value is -0.800. The molecule has 0 radical (unpaired) electrons. The number of unbranched alkanes of at least 4 members (excludes halogenated alkanes) is 15. The Kier molecular flexibility index (Phi) is 18.8. The van der Waals surface area contributed by atoms with Crippen LogP contribution in [0.2, 0.25) is 0 Å². The van der Waals surface area contributed by atoms with E-state index >= 15 is 0 Å². The number of halogens is 2. The van der Waals surface area contributed by atoms with Crippen molar-refractivity contribution in [1.82, 2.24) is 4.90 Å². The molecule has 2 amide bonds. The van der Waals surface area contributed by atoms with E-state index in [0.717, 1.165) is 68.7 Å². The molecule has 0 bridgehead atoms. The molecule has 1 aliphatic heterocycles. The number of fused-ring (bicyclic) bond motifs is 1. The smallest absolute Gasteiger partial charge is 0.263 e. The van der Waals surface area contributed by atoms with Crippen LogP contribution in [0.3, 0.4) is 0 Å². The van der Waals surface area contributed by atoms with Crippen molar-refractivity contribution in [3.05, 3.63) is 42.0 Å². The summed E-state index contributed by atoms with van der Waals surface area (Å²) in [7, 11) is 0. The summed E-state index contributed by atoms with van der Waals surface area (Å²) in [6, 6.07) is 4.53. The lowest BCUT2D eigenvalue weighted by atomic mass is 9.99. The number of carbonyl (C=O) groups is 2. The number of aryl methyl sites for hydroxylation is 2. The van der Waals surface area contributed by atoms with Gasteiger partial charge in [0.2, 0.25) is 0 Å². The number of carbonyl (C=O) groups excluding carboxylic acids is 2. The van der Waals surface area contributed by atoms with Crippen LogP contribution in [0.25, 0.3) is 19.5 Å². The second-order valence-electron chi connectivity index (χ2n) is 14.4. The third-order valence-corrected chi connectivity index (χ3v) is 15.3. The second kappa shape index (κ2) is 22.4. The molecule has 3 aromatic rings. The molecule has 0 fully saturated rings. The Morgan fingerprint density at radius 2 is 0.940 bits per heavy atom. The molecule has 0 aliphatic carbocycles. The molecule has 4 rings (SSSR count). The van der Waals surface area contributed by atoms with Crippen LogP contribution in [0.1, 0.15) is 188 Å². The van der Waals surface area contributed by atoms with Gasteiger partial charge in [0.25, 0.3) is 11.8 Å². The highest BCUT2D eigenvalue weighted by Gasteiger charge is 2.44. The van der Waals surface area contributed by atoms with Crippen LogP contribution >= 0.6 is 65.9 Å². The van der Waals surface area contributed by atoms with Gasteiger partial charge in [0.05, 0.1) is 28.5 Å². The first-order chi connectivity index (χ1) is 24.3. The Morgan fingerprint density at radius 3 is 1.34 bits per heavy atom. The SMILES string of the molecule is CCCCCCCCCCc1cc(Br)sc1-c1sc(-c2sc(Br)cc2CCCCCCCCCC)c2c1C(=O)N(CC(CC)CCCC)C2=O. The predicted molar refractivity (Wildman–Crippen MR) is 228 cm³/mol. The average molecular weight is 868 g/mol. The molecule has 1 unspecified atom stereocenters. The number of thiophene rings is 3. The quantitative estimate of drug-likeness (QED) is 0.0595. The zero-order chi connectivity index (χ0) is 35.9. The molecule has 1 aliphatic rings. The minimum absolute atomic E-state index is 0.0831. The van der Waals surface area contributed by atoms with E-state index in [1.807, 2.05) is 0 Å². The molecule has 0 saturated heterocycles. The van der Waals surface area contributed by atoms with Gasteiger partial charge in [-0.25, -0.2) is 0 Å². The zero-order valence-electron chi connectivity index (χ0n) is 31.2. The standard InChI is InChI=1S/C42H61Br2NO2S3/c1-5-9-12-14-16-18-20-22-25-31-27-33(43)48-37(31)39-35-36(42(47)45(41(35)46)29-30(8-4)24-11-7-3)40(50-39)38-32(28-34(44)49-38)26-23-21-19-17-15-13-10-6-2/h27-28,30H,5-26,29H2,1-4H3. The van der Waals surface area contributed by atoms with Gasteiger partial charge in [-0.2, -0.15) is 0 Å². The first-order valence-electron chi connectivity index (χ1n) is 19.9. The van der Waals surface area contributed by atoms with E-state index in [1.165, 1.54) is 111 Å². The normalized spacial score (nSPS) is 13.6. The minimum Gasteiger partial charge on any atom is -0.274 e. The van der Waals surface area contributed by atoms with E-state index in [-0.39, 0.29) is 11.8 Å². The van der Waals surface area contributed by atoms with Crippen LogP contribution in [0.15, 0.2) is 19.7 Å². The third kappa shape index (κ3) is 11.6. The minimum atomic E-state index is -0.0831. The van der Waals surface area contributed by atoms with E-state index in [4.69, 9.17) is 0 Å². The Bertz CT molecular complexity index is 1390. The highest BCUT2D eigenvalue weighted by Crippen LogP contribution is 2.52. The monoisotopic (exact) mass is 865 g/mol. The number of rotatable bonds is 26. The molecule has 0 saturated carbocycles. The van der Waals surface area contributed by atoms with Gasteiger partial charge in [-0.15, -0.1) is 34.0 Å². The van der Waals surface area contributed by atoms with Gasteiger partial charge in [0, 0.05) is 16.3 Å². The molecule has 8 heteroatoms. The average Bonchev–Trinajstić information content (AvgIpc) is 3.84. The fourth-order valence-electron chi connectivity index (χ4n) is 7.31. The van der Waals surface area contributed by atoms with Crippen molar-refractivity contribution in [2.45, 2.75) is 169 Å². The molecular weight excluding hydrogens is 806 g/mol. The summed E-state index contributed by atoms with van der Waals surface area (Å²) in [5.74, 6) is 0.171. The molecule has 4 heterocycles. The first-order valence-corrected chi connectivity index (χ1v) is 24.0. The summed E-state index contributed by atoms with van der Waals surface area (Å²) in [6.07, 6.45) is 27.0. The largest absolute Gasteiger partial charge is 0.274 e. The van der Waals surface area contributed by atoms with Gasteiger partial charge in [-0.05, 0) is 93.1 Å². The number of imide groups is 1. The van der Waals surface area contributed by atoms with Crippen molar-refractivity contribution in [1.29, 1.82) is 0 Å². The fraction of sp³-hybridized carbons (Fsp3) is 0.667. The first kappa shape index (κ1) is 41.9. The van der Waals surface area contributed by atoms with E-state index in [9.17, 15) is 9.59 Å². The molecular formula is C42H61Br2NO2S3. The molecule has 1 atom stereocenters. The summed E-state index contributed by atoms with van der Waals surface area (Å²) in [4.78, 5) is 34.8. The van der Waals surface area contributed by atoms with Crippen LogP contribution in [0.5, 0.6) is 0 Å². The third-order valence-electron chi connectivity index (χ3n) is 10.4. The van der Waals surface area contributed by atoms with Gasteiger partial charge in [0.1, 0.15) is 0 Å². The number of amides is 2. The molecule has 3 nitrogen and oxygen atoms in total. The molecule has 0 spiro atoms. The molecule has 0 aromatic carbocycles. The van der Waals surface area contributed by atoms with Crippen LogP contribution in [0.4, 0.5) is 0 Å². The predicted octanol–water partition coefficient (Wildman–Crippen LogP) is 15.9. The molecule has 3 aromatic heterocycles. The van der Waals surface area contributed by atoms with Gasteiger partial charge in [-0.3, -0.25) is 14.5 Å². The molecule has 278 valence electrons. The topological polar surface area (TPSA) is 37.4 Å². The highest BCUT2D eigenvalue weighted by molar-refractivity contribution is 9.11. The summed E-state index contributed by atoms with van der Waals surface area (Å²) in [5, 5.41) is 0. The maximum Gasteiger partial charge on any atom is 0.263 e. The summed E-state index contributed by atoms with van der Waals surface area (Å²) in [5.41, 5.74) is 3.94.